The summed E-state index contributed by atoms with van der Waals surface area (Å²) in [5.41, 5.74) is 1.16. The number of nitrogens with zero attached hydrogens (tertiary/aromatic N) is 2. The quantitative estimate of drug-likeness (QED) is 0.868. The number of carbonyl (C=O) groups is 1. The lowest BCUT2D eigenvalue weighted by atomic mass is 10.1. The van der Waals surface area contributed by atoms with Crippen molar-refractivity contribution in [1.29, 1.82) is 0 Å². The van der Waals surface area contributed by atoms with Crippen LogP contribution >= 0.6 is 11.6 Å². The van der Waals surface area contributed by atoms with Crippen molar-refractivity contribution < 1.29 is 4.79 Å². The maximum atomic E-state index is 12.4. The molecule has 1 aliphatic carbocycles. The zero-order valence-corrected chi connectivity index (χ0v) is 14.6. The summed E-state index contributed by atoms with van der Waals surface area (Å²) >= 11 is 6.36. The van der Waals surface area contributed by atoms with Crippen molar-refractivity contribution in [3.8, 4) is 0 Å². The maximum absolute atomic E-state index is 12.4. The van der Waals surface area contributed by atoms with E-state index in [4.69, 9.17) is 11.6 Å². The molecule has 2 aliphatic rings. The van der Waals surface area contributed by atoms with E-state index < -0.39 is 0 Å². The van der Waals surface area contributed by atoms with E-state index in [1.54, 1.807) is 0 Å². The number of halogens is 1. The number of benzene rings is 1. The minimum atomic E-state index is 0.257. The van der Waals surface area contributed by atoms with Gasteiger partial charge in [0.05, 0.1) is 0 Å². The molecule has 126 valence electrons. The zero-order valence-electron chi connectivity index (χ0n) is 13.8. The third kappa shape index (κ3) is 4.25. The summed E-state index contributed by atoms with van der Waals surface area (Å²) < 4.78 is 0. The summed E-state index contributed by atoms with van der Waals surface area (Å²) in [4.78, 5) is 16.9. The molecule has 0 radical (unpaired) electrons. The largest absolute Gasteiger partial charge is 0.340 e. The Morgan fingerprint density at radius 3 is 2.70 bits per heavy atom. The molecule has 0 aromatic heterocycles. The van der Waals surface area contributed by atoms with Gasteiger partial charge in [-0.25, -0.2) is 0 Å². The average molecular weight is 336 g/mol. The average Bonchev–Trinajstić information content (AvgIpc) is 3.41. The van der Waals surface area contributed by atoms with Gasteiger partial charge in [0.1, 0.15) is 0 Å². The van der Waals surface area contributed by atoms with Gasteiger partial charge in [-0.15, -0.1) is 0 Å². The lowest BCUT2D eigenvalue weighted by Crippen LogP contribution is -2.47. The van der Waals surface area contributed by atoms with Crippen molar-refractivity contribution in [3.63, 3.8) is 0 Å². The van der Waals surface area contributed by atoms with Crippen LogP contribution in [0.1, 0.15) is 37.8 Å². The van der Waals surface area contributed by atoms with Gasteiger partial charge in [0.25, 0.3) is 0 Å². The highest BCUT2D eigenvalue weighted by atomic mass is 35.5. The summed E-state index contributed by atoms with van der Waals surface area (Å²) in [5, 5.41) is 4.11. The van der Waals surface area contributed by atoms with Crippen molar-refractivity contribution in [1.82, 2.24) is 15.1 Å². The molecule has 23 heavy (non-hydrogen) atoms. The Labute approximate surface area is 143 Å². The van der Waals surface area contributed by atoms with Gasteiger partial charge in [0.2, 0.25) is 5.91 Å². The molecule has 0 bridgehead atoms. The SMILES string of the molecule is CC(c1ccccc1Cl)N(CCC(=O)N1CCNCC1)C1CC1. The molecule has 1 aromatic rings. The number of hydrogen-bond donors (Lipinski definition) is 1. The molecule has 4 nitrogen and oxygen atoms in total. The Hall–Kier alpha value is -1.10. The second-order valence-corrected chi connectivity index (χ2v) is 6.95. The van der Waals surface area contributed by atoms with Gasteiger partial charge in [-0.05, 0) is 31.4 Å². The normalized spacial score (nSPS) is 19.9. The molecule has 1 saturated heterocycles. The second-order valence-electron chi connectivity index (χ2n) is 6.55. The van der Waals surface area contributed by atoms with Crippen LogP contribution in [-0.2, 0) is 4.79 Å². The van der Waals surface area contributed by atoms with Crippen LogP contribution in [-0.4, -0.2) is 54.5 Å². The molecule has 5 heteroatoms. The van der Waals surface area contributed by atoms with Crippen molar-refractivity contribution in [2.75, 3.05) is 32.7 Å². The van der Waals surface area contributed by atoms with Crippen molar-refractivity contribution in [2.24, 2.45) is 0 Å². The number of amides is 1. The van der Waals surface area contributed by atoms with Gasteiger partial charge in [-0.1, -0.05) is 29.8 Å². The predicted molar refractivity (Wildman–Crippen MR) is 93.7 cm³/mol. The third-order valence-electron chi connectivity index (χ3n) is 4.92. The molecule has 1 aliphatic heterocycles. The molecule has 1 saturated carbocycles. The Kier molecular flexibility index (Phi) is 5.57. The molecule has 1 atom stereocenters. The van der Waals surface area contributed by atoms with Gasteiger partial charge < -0.3 is 10.2 Å². The van der Waals surface area contributed by atoms with E-state index in [0.717, 1.165) is 43.3 Å². The van der Waals surface area contributed by atoms with E-state index in [2.05, 4.69) is 23.2 Å². The molecule has 1 unspecified atom stereocenters. The lowest BCUT2D eigenvalue weighted by Gasteiger charge is -2.32. The fourth-order valence-corrected chi connectivity index (χ4v) is 3.68. The summed E-state index contributed by atoms with van der Waals surface area (Å²) in [5.74, 6) is 0.281. The maximum Gasteiger partial charge on any atom is 0.223 e. The minimum Gasteiger partial charge on any atom is -0.340 e. The monoisotopic (exact) mass is 335 g/mol. The Morgan fingerprint density at radius 2 is 2.04 bits per heavy atom. The van der Waals surface area contributed by atoms with E-state index in [-0.39, 0.29) is 11.9 Å². The Bertz CT molecular complexity index is 541. The van der Waals surface area contributed by atoms with Crippen LogP contribution in [0.25, 0.3) is 0 Å². The van der Waals surface area contributed by atoms with Crippen LogP contribution in [0.5, 0.6) is 0 Å². The minimum absolute atomic E-state index is 0.257. The third-order valence-corrected chi connectivity index (χ3v) is 5.27. The first-order valence-corrected chi connectivity index (χ1v) is 9.03. The number of piperazine rings is 1. The zero-order chi connectivity index (χ0) is 16.2. The molecule has 1 amide bonds. The number of nitrogens with one attached hydrogen (secondary N) is 1. The van der Waals surface area contributed by atoms with E-state index in [9.17, 15) is 4.79 Å². The fourth-order valence-electron chi connectivity index (χ4n) is 3.39. The highest BCUT2D eigenvalue weighted by Gasteiger charge is 2.33. The second kappa shape index (κ2) is 7.65. The summed E-state index contributed by atoms with van der Waals surface area (Å²) in [7, 11) is 0. The molecular formula is C18H26ClN3O. The van der Waals surface area contributed by atoms with Gasteiger partial charge in [0, 0.05) is 56.3 Å². The summed E-state index contributed by atoms with van der Waals surface area (Å²) in [6.45, 7) is 6.52. The molecule has 2 fully saturated rings. The number of rotatable bonds is 6. The van der Waals surface area contributed by atoms with Crippen molar-refractivity contribution in [3.05, 3.63) is 34.9 Å². The van der Waals surface area contributed by atoms with Crippen LogP contribution in [0.3, 0.4) is 0 Å². The fraction of sp³-hybridized carbons (Fsp3) is 0.611. The van der Waals surface area contributed by atoms with Crippen LogP contribution in [0.2, 0.25) is 5.02 Å². The van der Waals surface area contributed by atoms with E-state index in [1.165, 1.54) is 12.8 Å². The first-order chi connectivity index (χ1) is 11.2. The van der Waals surface area contributed by atoms with Crippen LogP contribution in [0.15, 0.2) is 24.3 Å². The van der Waals surface area contributed by atoms with Crippen LogP contribution in [0.4, 0.5) is 0 Å². The number of carbonyl (C=O) groups excluding carboxylic acids is 1. The Balaban J connectivity index is 1.61. The Morgan fingerprint density at radius 1 is 1.35 bits per heavy atom. The molecule has 0 spiro atoms. The standard InChI is InChI=1S/C18H26ClN3O/c1-14(16-4-2-3-5-17(16)19)22(15-6-7-15)11-8-18(23)21-12-9-20-10-13-21/h2-5,14-15,20H,6-13H2,1H3. The van der Waals surface area contributed by atoms with Crippen LogP contribution < -0.4 is 5.32 Å². The summed E-state index contributed by atoms with van der Waals surface area (Å²) in [6, 6.07) is 8.91. The van der Waals surface area contributed by atoms with E-state index in [0.29, 0.717) is 12.5 Å². The molecule has 1 aromatic carbocycles. The van der Waals surface area contributed by atoms with Gasteiger partial charge in [-0.3, -0.25) is 9.69 Å². The van der Waals surface area contributed by atoms with Gasteiger partial charge in [-0.2, -0.15) is 0 Å². The molecular weight excluding hydrogens is 310 g/mol. The van der Waals surface area contributed by atoms with Crippen LogP contribution in [0, 0.1) is 0 Å². The lowest BCUT2D eigenvalue weighted by molar-refractivity contribution is -0.132. The smallest absolute Gasteiger partial charge is 0.223 e. The topological polar surface area (TPSA) is 35.6 Å². The van der Waals surface area contributed by atoms with Gasteiger partial charge in [0.15, 0.2) is 0 Å². The van der Waals surface area contributed by atoms with Crippen molar-refractivity contribution >= 4 is 17.5 Å². The van der Waals surface area contributed by atoms with Crippen molar-refractivity contribution in [2.45, 2.75) is 38.3 Å². The van der Waals surface area contributed by atoms with E-state index >= 15 is 0 Å². The highest BCUT2D eigenvalue weighted by Crippen LogP contribution is 2.36. The predicted octanol–water partition coefficient (Wildman–Crippen LogP) is 2.69. The van der Waals surface area contributed by atoms with Gasteiger partial charge >= 0.3 is 0 Å². The molecule has 3 rings (SSSR count). The highest BCUT2D eigenvalue weighted by molar-refractivity contribution is 6.31. The summed E-state index contributed by atoms with van der Waals surface area (Å²) in [6.07, 6.45) is 3.07. The number of hydrogen-bond acceptors (Lipinski definition) is 3. The first-order valence-electron chi connectivity index (χ1n) is 8.65. The van der Waals surface area contributed by atoms with E-state index in [1.807, 2.05) is 23.1 Å². The first kappa shape index (κ1) is 16.7. The molecule has 1 heterocycles. The molecule has 1 N–H and O–H groups in total.